The van der Waals surface area contributed by atoms with E-state index in [-0.39, 0.29) is 6.10 Å². The fraction of sp³-hybridized carbons (Fsp3) is 0.385. The van der Waals surface area contributed by atoms with Crippen LogP contribution < -0.4 is 5.32 Å². The Balaban J connectivity index is 1.48. The van der Waals surface area contributed by atoms with Gasteiger partial charge in [0, 0.05) is 12.8 Å². The van der Waals surface area contributed by atoms with Crippen LogP contribution in [0.4, 0.5) is 5.82 Å². The molecule has 0 amide bonds. The molecule has 4 heterocycles. The number of nitrogens with one attached hydrogen (secondary N) is 2. The first-order valence-corrected chi connectivity index (χ1v) is 6.86. The fourth-order valence-corrected chi connectivity index (χ4v) is 2.41. The van der Waals surface area contributed by atoms with Crippen molar-refractivity contribution in [2.24, 2.45) is 0 Å². The van der Waals surface area contributed by atoms with Crippen molar-refractivity contribution in [3.63, 3.8) is 0 Å². The van der Waals surface area contributed by atoms with Gasteiger partial charge in [-0.3, -0.25) is 0 Å². The van der Waals surface area contributed by atoms with Gasteiger partial charge in [-0.05, 0) is 18.9 Å². The molecule has 1 fully saturated rings. The number of hydrogen-bond acceptors (Lipinski definition) is 7. The second-order valence-corrected chi connectivity index (χ2v) is 4.86. The Hall–Kier alpha value is -2.48. The fourth-order valence-electron chi connectivity index (χ4n) is 2.41. The topological polar surface area (TPSA) is 102 Å². The zero-order chi connectivity index (χ0) is 14.1. The number of H-pyrrole nitrogens is 1. The first-order chi connectivity index (χ1) is 10.4. The molecule has 21 heavy (non-hydrogen) atoms. The molecule has 0 aromatic carbocycles. The molecular weight excluding hydrogens is 272 g/mol. The molecular formula is C13H14N6O2. The van der Waals surface area contributed by atoms with Crippen LogP contribution in [0.5, 0.6) is 0 Å². The van der Waals surface area contributed by atoms with Crippen LogP contribution in [0.3, 0.4) is 0 Å². The highest BCUT2D eigenvalue weighted by Crippen LogP contribution is 2.27. The highest BCUT2D eigenvalue weighted by molar-refractivity contribution is 5.85. The molecule has 8 heteroatoms. The van der Waals surface area contributed by atoms with E-state index in [0.29, 0.717) is 24.1 Å². The van der Waals surface area contributed by atoms with Gasteiger partial charge in [0.2, 0.25) is 0 Å². The van der Waals surface area contributed by atoms with E-state index in [1.54, 1.807) is 0 Å². The van der Waals surface area contributed by atoms with E-state index < -0.39 is 0 Å². The Morgan fingerprint density at radius 1 is 1.38 bits per heavy atom. The number of aromatic nitrogens is 5. The number of aromatic amines is 1. The average molecular weight is 286 g/mol. The predicted molar refractivity (Wildman–Crippen MR) is 73.4 cm³/mol. The Labute approximate surface area is 119 Å². The first kappa shape index (κ1) is 12.3. The highest BCUT2D eigenvalue weighted by Gasteiger charge is 2.23. The summed E-state index contributed by atoms with van der Waals surface area (Å²) >= 11 is 0. The number of fused-ring (bicyclic) bond motifs is 1. The molecule has 3 aromatic heterocycles. The van der Waals surface area contributed by atoms with Crippen LogP contribution in [0.25, 0.3) is 11.0 Å². The van der Waals surface area contributed by atoms with Crippen LogP contribution in [-0.4, -0.2) is 31.7 Å². The summed E-state index contributed by atoms with van der Waals surface area (Å²) in [6.45, 7) is 1.19. The second-order valence-electron chi connectivity index (χ2n) is 4.86. The van der Waals surface area contributed by atoms with Crippen molar-refractivity contribution in [3.8, 4) is 0 Å². The Bertz CT molecular complexity index is 746. The van der Waals surface area contributed by atoms with Crippen molar-refractivity contribution in [3.05, 3.63) is 30.3 Å². The molecule has 108 valence electrons. The average Bonchev–Trinajstić information content (AvgIpc) is 3.23. The van der Waals surface area contributed by atoms with E-state index in [1.807, 2.05) is 12.3 Å². The maximum absolute atomic E-state index is 5.52. The maximum Gasteiger partial charge on any atom is 0.255 e. The summed E-state index contributed by atoms with van der Waals surface area (Å²) in [5, 5.41) is 7.15. The lowest BCUT2D eigenvalue weighted by atomic mass is 10.2. The minimum Gasteiger partial charge on any atom is -0.368 e. The van der Waals surface area contributed by atoms with Gasteiger partial charge in [0.1, 0.15) is 17.9 Å². The van der Waals surface area contributed by atoms with Crippen molar-refractivity contribution in [2.45, 2.75) is 25.5 Å². The van der Waals surface area contributed by atoms with Gasteiger partial charge >= 0.3 is 0 Å². The number of ether oxygens (including phenoxy) is 1. The molecule has 2 N–H and O–H groups in total. The van der Waals surface area contributed by atoms with E-state index in [0.717, 1.165) is 30.5 Å². The number of anilines is 1. The molecule has 1 unspecified atom stereocenters. The number of nitrogens with zero attached hydrogens (tertiary/aromatic N) is 4. The molecule has 0 aliphatic carbocycles. The third-order valence-electron chi connectivity index (χ3n) is 3.45. The second kappa shape index (κ2) is 5.13. The molecule has 1 aliphatic heterocycles. The summed E-state index contributed by atoms with van der Waals surface area (Å²) in [4.78, 5) is 15.8. The van der Waals surface area contributed by atoms with Gasteiger partial charge in [-0.15, -0.1) is 0 Å². The van der Waals surface area contributed by atoms with Crippen molar-refractivity contribution in [1.29, 1.82) is 0 Å². The molecule has 8 nitrogen and oxygen atoms in total. The molecule has 0 saturated carbocycles. The quantitative estimate of drug-likeness (QED) is 0.754. The van der Waals surface area contributed by atoms with Gasteiger partial charge < -0.3 is 19.6 Å². The van der Waals surface area contributed by atoms with Gasteiger partial charge in [-0.2, -0.15) is 4.98 Å². The predicted octanol–water partition coefficient (Wildman–Crippen LogP) is 1.80. The Morgan fingerprint density at radius 2 is 2.38 bits per heavy atom. The third kappa shape index (κ3) is 2.33. The lowest BCUT2D eigenvalue weighted by Crippen LogP contribution is -2.04. The lowest BCUT2D eigenvalue weighted by Gasteiger charge is -2.03. The van der Waals surface area contributed by atoms with Crippen molar-refractivity contribution >= 4 is 16.9 Å². The first-order valence-electron chi connectivity index (χ1n) is 6.86. The largest absolute Gasteiger partial charge is 0.368 e. The number of rotatable bonds is 4. The molecule has 1 aliphatic rings. The van der Waals surface area contributed by atoms with Crippen LogP contribution >= 0.6 is 0 Å². The molecule has 4 rings (SSSR count). The molecule has 0 bridgehead atoms. The molecule has 3 aromatic rings. The van der Waals surface area contributed by atoms with Crippen molar-refractivity contribution in [1.82, 2.24) is 25.1 Å². The minimum atomic E-state index is -0.0552. The van der Waals surface area contributed by atoms with E-state index >= 15 is 0 Å². The van der Waals surface area contributed by atoms with E-state index in [9.17, 15) is 0 Å². The van der Waals surface area contributed by atoms with E-state index in [4.69, 9.17) is 9.26 Å². The molecule has 1 atom stereocenters. The number of hydrogen-bond donors (Lipinski definition) is 2. The van der Waals surface area contributed by atoms with Gasteiger partial charge in [0.15, 0.2) is 11.6 Å². The van der Waals surface area contributed by atoms with Gasteiger partial charge in [-0.25, -0.2) is 9.97 Å². The molecule has 0 radical (unpaired) electrons. The molecule has 1 saturated heterocycles. The van der Waals surface area contributed by atoms with Crippen LogP contribution in [0.15, 0.2) is 23.1 Å². The van der Waals surface area contributed by atoms with Crippen LogP contribution in [0.2, 0.25) is 0 Å². The Morgan fingerprint density at radius 3 is 3.29 bits per heavy atom. The van der Waals surface area contributed by atoms with E-state index in [2.05, 4.69) is 30.4 Å². The van der Waals surface area contributed by atoms with Gasteiger partial charge in [0.05, 0.1) is 12.1 Å². The van der Waals surface area contributed by atoms with Crippen LogP contribution in [0.1, 0.15) is 30.7 Å². The van der Waals surface area contributed by atoms with Crippen LogP contribution in [0, 0.1) is 0 Å². The summed E-state index contributed by atoms with van der Waals surface area (Å²) in [5.41, 5.74) is 1.72. The zero-order valence-electron chi connectivity index (χ0n) is 11.2. The summed E-state index contributed by atoms with van der Waals surface area (Å²) < 4.78 is 10.8. The van der Waals surface area contributed by atoms with Crippen LogP contribution in [-0.2, 0) is 11.3 Å². The lowest BCUT2D eigenvalue weighted by molar-refractivity contribution is 0.0835. The monoisotopic (exact) mass is 286 g/mol. The van der Waals surface area contributed by atoms with Gasteiger partial charge in [0.25, 0.3) is 5.89 Å². The minimum absolute atomic E-state index is 0.0552. The third-order valence-corrected chi connectivity index (χ3v) is 3.45. The normalized spacial score (nSPS) is 18.4. The van der Waals surface area contributed by atoms with Crippen molar-refractivity contribution in [2.75, 3.05) is 11.9 Å². The summed E-state index contributed by atoms with van der Waals surface area (Å²) in [6.07, 6.45) is 5.26. The standard InChI is InChI=1S/C13H14N6O2/c1-2-9(20-5-1)13-18-10(19-21-13)6-15-12-11-8(3-4-14-11)16-7-17-12/h3-4,7,9,14H,1-2,5-6H2,(H,15,16,17). The Kier molecular flexibility index (Phi) is 3.00. The maximum atomic E-state index is 5.52. The highest BCUT2D eigenvalue weighted by atomic mass is 16.5. The van der Waals surface area contributed by atoms with Gasteiger partial charge in [-0.1, -0.05) is 5.16 Å². The summed E-state index contributed by atoms with van der Waals surface area (Å²) in [6, 6.07) is 1.89. The SMILES string of the molecule is c1nc(NCc2noc(C3CCCO3)n2)c2[nH]ccc2n1. The summed E-state index contributed by atoms with van der Waals surface area (Å²) in [7, 11) is 0. The van der Waals surface area contributed by atoms with Crippen molar-refractivity contribution < 1.29 is 9.26 Å². The zero-order valence-corrected chi connectivity index (χ0v) is 11.2. The summed E-state index contributed by atoms with van der Waals surface area (Å²) in [5.74, 6) is 1.85. The smallest absolute Gasteiger partial charge is 0.255 e. The molecule has 0 spiro atoms. The van der Waals surface area contributed by atoms with E-state index in [1.165, 1.54) is 6.33 Å².